The molecule has 1 unspecified atom stereocenters. The fraction of sp³-hybridized carbons (Fsp3) is 0.562. The van der Waals surface area contributed by atoms with E-state index in [0.717, 1.165) is 15.6 Å². The Balaban J connectivity index is 2.72. The number of ether oxygens (including phenoxy) is 1. The Bertz CT molecular complexity index is 483. The Morgan fingerprint density at radius 3 is 2.62 bits per heavy atom. The lowest BCUT2D eigenvalue weighted by Crippen LogP contribution is -2.35. The quantitative estimate of drug-likeness (QED) is 0.843. The Morgan fingerprint density at radius 2 is 2.10 bits per heavy atom. The number of amides is 1. The van der Waals surface area contributed by atoms with Crippen molar-refractivity contribution in [2.75, 3.05) is 13.2 Å². The van der Waals surface area contributed by atoms with E-state index >= 15 is 0 Å². The van der Waals surface area contributed by atoms with E-state index in [1.165, 1.54) is 0 Å². The van der Waals surface area contributed by atoms with Crippen LogP contribution < -0.4 is 5.32 Å². The third-order valence-corrected chi connectivity index (χ3v) is 3.53. The summed E-state index contributed by atoms with van der Waals surface area (Å²) in [5.41, 5.74) is 1.75. The number of halogens is 1. The van der Waals surface area contributed by atoms with Crippen LogP contribution >= 0.6 is 15.9 Å². The maximum Gasteiger partial charge on any atom is 0.407 e. The number of carbonyl (C=O) groups is 1. The Morgan fingerprint density at radius 1 is 1.43 bits per heavy atom. The maximum absolute atomic E-state index is 11.7. The molecule has 0 aromatic heterocycles. The minimum Gasteiger partial charge on any atom is -0.444 e. The van der Waals surface area contributed by atoms with Crippen LogP contribution in [0.2, 0.25) is 0 Å². The number of alkyl carbamates (subject to hydrolysis) is 1. The van der Waals surface area contributed by atoms with Crippen molar-refractivity contribution in [1.82, 2.24) is 5.32 Å². The number of rotatable bonds is 5. The second-order valence-corrected chi connectivity index (χ2v) is 7.01. The van der Waals surface area contributed by atoms with E-state index in [1.807, 2.05) is 45.9 Å². The van der Waals surface area contributed by atoms with Crippen LogP contribution in [0.5, 0.6) is 0 Å². The molecule has 0 aliphatic carbocycles. The topological polar surface area (TPSA) is 58.6 Å². The van der Waals surface area contributed by atoms with Crippen molar-refractivity contribution in [3.63, 3.8) is 0 Å². The minimum absolute atomic E-state index is 0.0654. The monoisotopic (exact) mass is 357 g/mol. The first-order valence-corrected chi connectivity index (χ1v) is 7.86. The van der Waals surface area contributed by atoms with Gasteiger partial charge < -0.3 is 15.2 Å². The molecule has 0 aliphatic rings. The molecule has 0 spiro atoms. The lowest BCUT2D eigenvalue weighted by Gasteiger charge is -2.23. The van der Waals surface area contributed by atoms with Gasteiger partial charge in [0.25, 0.3) is 0 Å². The highest BCUT2D eigenvalue weighted by molar-refractivity contribution is 9.10. The molecule has 1 amide bonds. The van der Waals surface area contributed by atoms with Gasteiger partial charge in [0.2, 0.25) is 0 Å². The van der Waals surface area contributed by atoms with E-state index in [0.29, 0.717) is 13.0 Å². The van der Waals surface area contributed by atoms with Gasteiger partial charge in [0.1, 0.15) is 5.60 Å². The minimum atomic E-state index is -0.510. The number of aryl methyl sites for hydroxylation is 1. The summed E-state index contributed by atoms with van der Waals surface area (Å²) in [4.78, 5) is 11.7. The van der Waals surface area contributed by atoms with Crippen LogP contribution in [0, 0.1) is 6.92 Å². The van der Waals surface area contributed by atoms with Crippen LogP contribution in [0.4, 0.5) is 4.79 Å². The molecular formula is C16H24BrNO3. The number of aliphatic hydroxyl groups excluding tert-OH is 1. The van der Waals surface area contributed by atoms with Crippen LogP contribution in [0.3, 0.4) is 0 Å². The summed E-state index contributed by atoms with van der Waals surface area (Å²) in [5, 5.41) is 12.0. The molecule has 1 rings (SSSR count). The first-order chi connectivity index (χ1) is 9.73. The van der Waals surface area contributed by atoms with Gasteiger partial charge in [0.15, 0.2) is 0 Å². The fourth-order valence-corrected chi connectivity index (χ4v) is 2.62. The van der Waals surface area contributed by atoms with E-state index in [2.05, 4.69) is 21.2 Å². The molecule has 0 heterocycles. The van der Waals surface area contributed by atoms with Gasteiger partial charge in [-0.3, -0.25) is 0 Å². The summed E-state index contributed by atoms with van der Waals surface area (Å²) in [6, 6.07) is 6.03. The second-order valence-electron chi connectivity index (χ2n) is 6.09. The summed E-state index contributed by atoms with van der Waals surface area (Å²) >= 11 is 3.44. The fourth-order valence-electron chi connectivity index (χ4n) is 2.14. The van der Waals surface area contributed by atoms with Crippen molar-refractivity contribution >= 4 is 22.0 Å². The highest BCUT2D eigenvalue weighted by Gasteiger charge is 2.19. The zero-order chi connectivity index (χ0) is 16.0. The standard InChI is InChI=1S/C16H24BrNO3/c1-11-9-13(17)5-6-14(11)12(7-8-19)10-18-15(20)21-16(2,3)4/h5-6,9,12,19H,7-8,10H2,1-4H3,(H,18,20). The average Bonchev–Trinajstić information content (AvgIpc) is 2.33. The predicted octanol–water partition coefficient (Wildman–Crippen LogP) is 3.75. The largest absolute Gasteiger partial charge is 0.444 e. The van der Waals surface area contributed by atoms with Gasteiger partial charge in [-0.05, 0) is 57.4 Å². The van der Waals surface area contributed by atoms with Crippen LogP contribution in [0.25, 0.3) is 0 Å². The number of carbonyl (C=O) groups excluding carboxylic acids is 1. The molecule has 21 heavy (non-hydrogen) atoms. The molecular weight excluding hydrogens is 334 g/mol. The number of benzene rings is 1. The van der Waals surface area contributed by atoms with Crippen molar-refractivity contribution in [2.45, 2.75) is 45.6 Å². The van der Waals surface area contributed by atoms with Crippen molar-refractivity contribution in [1.29, 1.82) is 0 Å². The molecule has 4 nitrogen and oxygen atoms in total. The lowest BCUT2D eigenvalue weighted by atomic mass is 9.92. The SMILES string of the molecule is Cc1cc(Br)ccc1C(CCO)CNC(=O)OC(C)(C)C. The average molecular weight is 358 g/mol. The summed E-state index contributed by atoms with van der Waals surface area (Å²) in [7, 11) is 0. The van der Waals surface area contributed by atoms with Crippen LogP contribution in [0.1, 0.15) is 44.2 Å². The van der Waals surface area contributed by atoms with Gasteiger partial charge in [-0.2, -0.15) is 0 Å². The summed E-state index contributed by atoms with van der Waals surface area (Å²) in [5.74, 6) is 0.0654. The highest BCUT2D eigenvalue weighted by atomic mass is 79.9. The van der Waals surface area contributed by atoms with Gasteiger partial charge in [-0.1, -0.05) is 22.0 Å². The van der Waals surface area contributed by atoms with Gasteiger partial charge in [-0.15, -0.1) is 0 Å². The predicted molar refractivity (Wildman–Crippen MR) is 87.6 cm³/mol. The van der Waals surface area contributed by atoms with Gasteiger partial charge in [-0.25, -0.2) is 4.79 Å². The number of aliphatic hydroxyl groups is 1. The first-order valence-electron chi connectivity index (χ1n) is 7.06. The smallest absolute Gasteiger partial charge is 0.407 e. The lowest BCUT2D eigenvalue weighted by molar-refractivity contribution is 0.0522. The Kier molecular flexibility index (Phi) is 6.68. The molecule has 1 aromatic rings. The Hall–Kier alpha value is -1.07. The van der Waals surface area contributed by atoms with Crippen LogP contribution in [-0.4, -0.2) is 30.0 Å². The van der Waals surface area contributed by atoms with E-state index in [-0.39, 0.29) is 12.5 Å². The first kappa shape index (κ1) is 18.0. The van der Waals surface area contributed by atoms with E-state index in [1.54, 1.807) is 0 Å². The molecule has 5 heteroatoms. The summed E-state index contributed by atoms with van der Waals surface area (Å²) in [6.07, 6.45) is 0.165. The maximum atomic E-state index is 11.7. The molecule has 0 bridgehead atoms. The highest BCUT2D eigenvalue weighted by Crippen LogP contribution is 2.25. The van der Waals surface area contributed by atoms with Crippen molar-refractivity contribution in [3.8, 4) is 0 Å². The van der Waals surface area contributed by atoms with Crippen molar-refractivity contribution in [3.05, 3.63) is 33.8 Å². The molecule has 1 atom stereocenters. The third-order valence-electron chi connectivity index (χ3n) is 3.04. The van der Waals surface area contributed by atoms with Crippen LogP contribution in [0.15, 0.2) is 22.7 Å². The zero-order valence-corrected chi connectivity index (χ0v) is 14.7. The van der Waals surface area contributed by atoms with Gasteiger partial charge in [0.05, 0.1) is 0 Å². The van der Waals surface area contributed by atoms with Crippen LogP contribution in [-0.2, 0) is 4.74 Å². The van der Waals surface area contributed by atoms with E-state index < -0.39 is 11.7 Å². The second kappa shape index (κ2) is 7.80. The summed E-state index contributed by atoms with van der Waals surface area (Å²) in [6.45, 7) is 8.04. The van der Waals surface area contributed by atoms with Crippen molar-refractivity contribution < 1.29 is 14.6 Å². The molecule has 0 saturated carbocycles. The molecule has 0 saturated heterocycles. The van der Waals surface area contributed by atoms with Gasteiger partial charge >= 0.3 is 6.09 Å². The molecule has 0 radical (unpaired) electrons. The zero-order valence-electron chi connectivity index (χ0n) is 13.1. The normalized spacial score (nSPS) is 12.9. The van der Waals surface area contributed by atoms with Gasteiger partial charge in [0, 0.05) is 23.5 Å². The third kappa shape index (κ3) is 6.48. The number of nitrogens with one attached hydrogen (secondary N) is 1. The van der Waals surface area contributed by atoms with E-state index in [4.69, 9.17) is 4.74 Å². The molecule has 1 aromatic carbocycles. The van der Waals surface area contributed by atoms with E-state index in [9.17, 15) is 9.90 Å². The van der Waals surface area contributed by atoms with Crippen molar-refractivity contribution in [2.24, 2.45) is 0 Å². The molecule has 118 valence electrons. The molecule has 2 N–H and O–H groups in total. The number of hydrogen-bond donors (Lipinski definition) is 2. The molecule has 0 fully saturated rings. The Labute approximate surface area is 135 Å². The number of hydrogen-bond acceptors (Lipinski definition) is 3. The summed E-state index contributed by atoms with van der Waals surface area (Å²) < 4.78 is 6.25. The molecule has 0 aliphatic heterocycles.